The van der Waals surface area contributed by atoms with Crippen molar-refractivity contribution in [1.82, 2.24) is 10.2 Å². The lowest BCUT2D eigenvalue weighted by Crippen LogP contribution is -2.50. The summed E-state index contributed by atoms with van der Waals surface area (Å²) in [6.07, 6.45) is 3.57. The molecule has 0 bridgehead atoms. The molecule has 1 saturated carbocycles. The van der Waals surface area contributed by atoms with Crippen molar-refractivity contribution in [3.8, 4) is 6.07 Å². The van der Waals surface area contributed by atoms with Crippen molar-refractivity contribution in [1.29, 1.82) is 5.26 Å². The lowest BCUT2D eigenvalue weighted by atomic mass is 9.80. The number of nitrogens with zero attached hydrogens (tertiary/aromatic N) is 2. The topological polar surface area (TPSA) is 65.4 Å². The van der Waals surface area contributed by atoms with Gasteiger partial charge in [-0.05, 0) is 59.9 Å². The number of hydrogen-bond acceptors (Lipinski definition) is 5. The molecule has 0 radical (unpaired) electrons. The molecule has 5 nitrogen and oxygen atoms in total. The van der Waals surface area contributed by atoms with E-state index >= 15 is 0 Å². The molecular formula is C19H25N3O2S. The molecule has 2 aliphatic heterocycles. The molecule has 1 aromatic rings. The third kappa shape index (κ3) is 3.59. The van der Waals surface area contributed by atoms with Gasteiger partial charge in [-0.1, -0.05) is 0 Å². The molecule has 4 rings (SSSR count). The molecule has 25 heavy (non-hydrogen) atoms. The zero-order chi connectivity index (χ0) is 17.3. The van der Waals surface area contributed by atoms with Crippen LogP contribution in [-0.2, 0) is 16.1 Å². The minimum atomic E-state index is -0.896. The van der Waals surface area contributed by atoms with Gasteiger partial charge in [0.25, 0.3) is 0 Å². The first kappa shape index (κ1) is 17.0. The SMILES string of the molecule is N#CC1(C(=O)N[C@@H]2CN(Cc3ccsc3)C[C@H]2C2CC2)CCOCC1. The molecule has 3 heterocycles. The molecule has 1 aliphatic carbocycles. The van der Waals surface area contributed by atoms with Crippen LogP contribution < -0.4 is 5.32 Å². The average Bonchev–Trinajstić information content (AvgIpc) is 3.22. The van der Waals surface area contributed by atoms with Gasteiger partial charge in [-0.25, -0.2) is 0 Å². The molecule has 1 N–H and O–H groups in total. The highest BCUT2D eigenvalue weighted by Crippen LogP contribution is 2.42. The maximum absolute atomic E-state index is 12.9. The minimum absolute atomic E-state index is 0.0775. The number of carbonyl (C=O) groups excluding carboxylic acids is 1. The van der Waals surface area contributed by atoms with E-state index < -0.39 is 5.41 Å². The summed E-state index contributed by atoms with van der Waals surface area (Å²) in [5.74, 6) is 1.19. The van der Waals surface area contributed by atoms with Crippen molar-refractivity contribution >= 4 is 17.2 Å². The van der Waals surface area contributed by atoms with Gasteiger partial charge in [-0.2, -0.15) is 16.6 Å². The third-order valence-corrected chi connectivity index (χ3v) is 6.70. The Balaban J connectivity index is 1.42. The first-order chi connectivity index (χ1) is 12.2. The first-order valence-corrected chi connectivity index (χ1v) is 10.2. The summed E-state index contributed by atoms with van der Waals surface area (Å²) in [6, 6.07) is 4.64. The molecule has 0 aromatic carbocycles. The van der Waals surface area contributed by atoms with E-state index in [1.807, 2.05) is 0 Å². The summed E-state index contributed by atoms with van der Waals surface area (Å²) in [7, 11) is 0. The summed E-state index contributed by atoms with van der Waals surface area (Å²) in [5, 5.41) is 17.2. The van der Waals surface area contributed by atoms with Crippen molar-refractivity contribution < 1.29 is 9.53 Å². The van der Waals surface area contributed by atoms with E-state index in [0.717, 1.165) is 25.6 Å². The number of carbonyl (C=O) groups is 1. The molecule has 2 saturated heterocycles. The van der Waals surface area contributed by atoms with Crippen LogP contribution in [0.1, 0.15) is 31.2 Å². The standard InChI is InChI=1S/C19H25N3O2S/c20-13-19(4-6-24-7-5-19)18(23)21-17-11-22(9-14-3-8-25-12-14)10-16(17)15-1-2-15/h3,8,12,15-17H,1-2,4-7,9-11H2,(H,21,23)/t16-,17+/m0/s1. The Morgan fingerprint density at radius 3 is 2.84 bits per heavy atom. The Bertz CT molecular complexity index is 644. The van der Waals surface area contributed by atoms with Gasteiger partial charge >= 0.3 is 0 Å². The highest BCUT2D eigenvalue weighted by Gasteiger charge is 2.46. The number of ether oxygens (including phenoxy) is 1. The fraction of sp³-hybridized carbons (Fsp3) is 0.684. The zero-order valence-electron chi connectivity index (χ0n) is 14.4. The number of amides is 1. The highest BCUT2D eigenvalue weighted by molar-refractivity contribution is 7.07. The smallest absolute Gasteiger partial charge is 0.240 e. The van der Waals surface area contributed by atoms with Crippen molar-refractivity contribution in [2.75, 3.05) is 26.3 Å². The predicted octanol–water partition coefficient (Wildman–Crippen LogP) is 2.40. The number of likely N-dealkylation sites (tertiary alicyclic amines) is 1. The monoisotopic (exact) mass is 359 g/mol. The second-order valence-electron chi connectivity index (χ2n) is 7.71. The molecule has 1 amide bonds. The maximum Gasteiger partial charge on any atom is 0.240 e. The van der Waals surface area contributed by atoms with Crippen molar-refractivity contribution in [2.45, 2.75) is 38.3 Å². The molecule has 6 heteroatoms. The van der Waals surface area contributed by atoms with Gasteiger partial charge in [0.2, 0.25) is 5.91 Å². The van der Waals surface area contributed by atoms with E-state index in [9.17, 15) is 10.1 Å². The normalized spacial score (nSPS) is 29.2. The molecule has 134 valence electrons. The van der Waals surface area contributed by atoms with E-state index in [1.54, 1.807) is 11.3 Å². The lowest BCUT2D eigenvalue weighted by Gasteiger charge is -2.31. The Kier molecular flexibility index (Phi) is 4.81. The van der Waals surface area contributed by atoms with Gasteiger partial charge < -0.3 is 10.1 Å². The predicted molar refractivity (Wildman–Crippen MR) is 95.8 cm³/mol. The second kappa shape index (κ2) is 7.06. The molecular weight excluding hydrogens is 334 g/mol. The van der Waals surface area contributed by atoms with Gasteiger partial charge in [0, 0.05) is 38.9 Å². The molecule has 3 fully saturated rings. The van der Waals surface area contributed by atoms with Crippen LogP contribution in [0.5, 0.6) is 0 Å². The Morgan fingerprint density at radius 2 is 2.20 bits per heavy atom. The Hall–Kier alpha value is -1.42. The van der Waals surface area contributed by atoms with Crippen LogP contribution in [0.2, 0.25) is 0 Å². The average molecular weight is 359 g/mol. The fourth-order valence-corrected chi connectivity index (χ4v) is 4.91. The van der Waals surface area contributed by atoms with Gasteiger partial charge in [-0.15, -0.1) is 0 Å². The molecule has 3 aliphatic rings. The zero-order valence-corrected chi connectivity index (χ0v) is 15.3. The number of nitriles is 1. The van der Waals surface area contributed by atoms with Crippen LogP contribution in [0.25, 0.3) is 0 Å². The second-order valence-corrected chi connectivity index (χ2v) is 8.49. The number of rotatable bonds is 5. The van der Waals surface area contributed by atoms with Crippen molar-refractivity contribution in [2.24, 2.45) is 17.3 Å². The summed E-state index contributed by atoms with van der Waals surface area (Å²) in [5.41, 5.74) is 0.456. The largest absolute Gasteiger partial charge is 0.381 e. The summed E-state index contributed by atoms with van der Waals surface area (Å²) in [6.45, 7) is 3.90. The molecule has 1 aromatic heterocycles. The summed E-state index contributed by atoms with van der Waals surface area (Å²) >= 11 is 1.73. The van der Waals surface area contributed by atoms with E-state index in [2.05, 4.69) is 33.1 Å². The van der Waals surface area contributed by atoms with Gasteiger partial charge in [0.05, 0.1) is 6.07 Å². The number of hydrogen-bond donors (Lipinski definition) is 1. The van der Waals surface area contributed by atoms with E-state index in [0.29, 0.717) is 32.0 Å². The van der Waals surface area contributed by atoms with Gasteiger partial charge in [0.15, 0.2) is 0 Å². The Labute approximate surface area is 153 Å². The van der Waals surface area contributed by atoms with E-state index in [1.165, 1.54) is 18.4 Å². The van der Waals surface area contributed by atoms with E-state index in [4.69, 9.17) is 4.74 Å². The van der Waals surface area contributed by atoms with Crippen LogP contribution >= 0.6 is 11.3 Å². The van der Waals surface area contributed by atoms with Crippen LogP contribution in [0.4, 0.5) is 0 Å². The maximum atomic E-state index is 12.9. The number of thiophene rings is 1. The minimum Gasteiger partial charge on any atom is -0.381 e. The third-order valence-electron chi connectivity index (χ3n) is 5.97. The van der Waals surface area contributed by atoms with Crippen LogP contribution in [0.15, 0.2) is 16.8 Å². The number of nitrogens with one attached hydrogen (secondary N) is 1. The molecule has 2 atom stereocenters. The van der Waals surface area contributed by atoms with Crippen molar-refractivity contribution in [3.63, 3.8) is 0 Å². The molecule has 0 unspecified atom stereocenters. The fourth-order valence-electron chi connectivity index (χ4n) is 4.25. The van der Waals surface area contributed by atoms with Crippen LogP contribution in [-0.4, -0.2) is 43.2 Å². The first-order valence-electron chi connectivity index (χ1n) is 9.23. The van der Waals surface area contributed by atoms with Crippen molar-refractivity contribution in [3.05, 3.63) is 22.4 Å². The van der Waals surface area contributed by atoms with Crippen LogP contribution in [0.3, 0.4) is 0 Å². The Morgan fingerprint density at radius 1 is 1.40 bits per heavy atom. The summed E-state index contributed by atoms with van der Waals surface area (Å²) in [4.78, 5) is 15.4. The quantitative estimate of drug-likeness (QED) is 0.877. The molecule has 0 spiro atoms. The van der Waals surface area contributed by atoms with E-state index in [-0.39, 0.29) is 11.9 Å². The van der Waals surface area contributed by atoms with Crippen LogP contribution in [0, 0.1) is 28.6 Å². The lowest BCUT2D eigenvalue weighted by molar-refractivity contribution is -0.133. The van der Waals surface area contributed by atoms with Gasteiger partial charge in [0.1, 0.15) is 5.41 Å². The summed E-state index contributed by atoms with van der Waals surface area (Å²) < 4.78 is 5.35. The highest BCUT2D eigenvalue weighted by atomic mass is 32.1. The van der Waals surface area contributed by atoms with Gasteiger partial charge in [-0.3, -0.25) is 9.69 Å².